The molecule has 1 amide bonds. The molecule has 5 nitrogen and oxygen atoms in total. The molecule has 2 aromatic rings. The number of para-hydroxylation sites is 1. The Morgan fingerprint density at radius 3 is 2.67 bits per heavy atom. The Balaban J connectivity index is 1.91. The molecular formula is C19H23F3N4O. The van der Waals surface area contributed by atoms with E-state index in [1.54, 1.807) is 4.90 Å². The van der Waals surface area contributed by atoms with Crippen LogP contribution in [0, 0.1) is 0 Å². The predicted molar refractivity (Wildman–Crippen MR) is 96.5 cm³/mol. The van der Waals surface area contributed by atoms with Gasteiger partial charge in [0.15, 0.2) is 6.04 Å². The molecule has 8 heteroatoms. The highest BCUT2D eigenvalue weighted by Gasteiger charge is 2.44. The first-order valence-corrected chi connectivity index (χ1v) is 8.88. The highest BCUT2D eigenvalue weighted by molar-refractivity contribution is 5.95. The lowest BCUT2D eigenvalue weighted by atomic mass is 9.94. The number of benzene rings is 1. The van der Waals surface area contributed by atoms with Crippen LogP contribution in [-0.4, -0.2) is 53.4 Å². The van der Waals surface area contributed by atoms with E-state index in [1.807, 2.05) is 43.3 Å². The van der Waals surface area contributed by atoms with Gasteiger partial charge < -0.3 is 9.80 Å². The smallest absolute Gasteiger partial charge is 0.308 e. The summed E-state index contributed by atoms with van der Waals surface area (Å²) in [7, 11) is 3.79. The molecule has 0 spiro atoms. The van der Waals surface area contributed by atoms with Gasteiger partial charge in [-0.3, -0.25) is 9.48 Å². The summed E-state index contributed by atoms with van der Waals surface area (Å²) in [6, 6.07) is 6.72. The number of carbonyl (C=O) groups is 1. The Kier molecular flexibility index (Phi) is 5.55. The maximum atomic E-state index is 13.6. The zero-order valence-electron chi connectivity index (χ0n) is 15.4. The Morgan fingerprint density at radius 2 is 2.04 bits per heavy atom. The lowest BCUT2D eigenvalue weighted by molar-refractivity contribution is -0.174. The van der Waals surface area contributed by atoms with Gasteiger partial charge in [-0.1, -0.05) is 18.2 Å². The van der Waals surface area contributed by atoms with Gasteiger partial charge in [0.2, 0.25) is 5.91 Å². The summed E-state index contributed by atoms with van der Waals surface area (Å²) in [5.41, 5.74) is 1.70. The van der Waals surface area contributed by atoms with Crippen molar-refractivity contribution in [2.45, 2.75) is 37.5 Å². The largest absolute Gasteiger partial charge is 0.411 e. The van der Waals surface area contributed by atoms with Crippen LogP contribution in [-0.2, 0) is 11.2 Å². The molecule has 1 aromatic heterocycles. The van der Waals surface area contributed by atoms with Gasteiger partial charge in [-0.2, -0.15) is 18.3 Å². The van der Waals surface area contributed by atoms with Crippen molar-refractivity contribution in [2.24, 2.45) is 0 Å². The second-order valence-electron chi connectivity index (χ2n) is 7.09. The van der Waals surface area contributed by atoms with Crippen molar-refractivity contribution in [1.82, 2.24) is 14.7 Å². The second-order valence-corrected chi connectivity index (χ2v) is 7.09. The average molecular weight is 380 g/mol. The Labute approximate surface area is 156 Å². The van der Waals surface area contributed by atoms with Crippen molar-refractivity contribution in [3.05, 3.63) is 48.3 Å². The number of hydrogen-bond acceptors (Lipinski definition) is 3. The highest BCUT2D eigenvalue weighted by Crippen LogP contribution is 2.36. The minimum absolute atomic E-state index is 0.158. The third-order valence-corrected chi connectivity index (χ3v) is 4.80. The van der Waals surface area contributed by atoms with E-state index in [-0.39, 0.29) is 6.04 Å². The summed E-state index contributed by atoms with van der Waals surface area (Å²) in [6.45, 7) is 0.596. The molecule has 0 radical (unpaired) electrons. The number of amides is 1. The SMILES string of the molecule is CN(C)CC1CCc2ccccc2N1C(=O)CC(n1cccn1)C(F)(F)F. The van der Waals surface area contributed by atoms with Crippen LogP contribution in [0.15, 0.2) is 42.7 Å². The molecular weight excluding hydrogens is 357 g/mol. The number of likely N-dealkylation sites (N-methyl/N-ethyl adjacent to an activating group) is 1. The molecule has 27 heavy (non-hydrogen) atoms. The van der Waals surface area contributed by atoms with Gasteiger partial charge >= 0.3 is 6.18 Å². The molecule has 2 atom stereocenters. The number of carbonyl (C=O) groups excluding carboxylic acids is 1. The molecule has 1 aliphatic rings. The molecule has 1 aromatic carbocycles. The summed E-state index contributed by atoms with van der Waals surface area (Å²) < 4.78 is 41.5. The lowest BCUT2D eigenvalue weighted by Gasteiger charge is -2.39. The predicted octanol–water partition coefficient (Wildman–Crippen LogP) is 3.29. The quantitative estimate of drug-likeness (QED) is 0.799. The van der Waals surface area contributed by atoms with Crippen LogP contribution in [0.5, 0.6) is 0 Å². The zero-order valence-corrected chi connectivity index (χ0v) is 15.4. The van der Waals surface area contributed by atoms with Crippen molar-refractivity contribution in [2.75, 3.05) is 25.5 Å². The van der Waals surface area contributed by atoms with E-state index in [4.69, 9.17) is 0 Å². The van der Waals surface area contributed by atoms with Crippen molar-refractivity contribution in [3.8, 4) is 0 Å². The molecule has 1 aliphatic heterocycles. The van der Waals surface area contributed by atoms with Gasteiger partial charge in [0.25, 0.3) is 0 Å². The number of anilines is 1. The number of aryl methyl sites for hydroxylation is 1. The van der Waals surface area contributed by atoms with Crippen LogP contribution >= 0.6 is 0 Å². The van der Waals surface area contributed by atoms with Crippen molar-refractivity contribution >= 4 is 11.6 Å². The first-order valence-electron chi connectivity index (χ1n) is 8.88. The van der Waals surface area contributed by atoms with Crippen LogP contribution in [0.3, 0.4) is 0 Å². The number of aromatic nitrogens is 2. The normalized spacial score (nSPS) is 18.4. The first kappa shape index (κ1) is 19.4. The molecule has 0 saturated carbocycles. The summed E-state index contributed by atoms with van der Waals surface area (Å²) >= 11 is 0. The average Bonchev–Trinajstić information content (AvgIpc) is 3.11. The fourth-order valence-electron chi connectivity index (χ4n) is 3.63. The van der Waals surface area contributed by atoms with Crippen LogP contribution in [0.1, 0.15) is 24.4 Å². The van der Waals surface area contributed by atoms with Crippen molar-refractivity contribution < 1.29 is 18.0 Å². The zero-order chi connectivity index (χ0) is 19.6. The Hall–Kier alpha value is -2.35. The number of nitrogens with zero attached hydrogens (tertiary/aromatic N) is 4. The summed E-state index contributed by atoms with van der Waals surface area (Å²) in [5.74, 6) is -0.535. The molecule has 0 N–H and O–H groups in total. The highest BCUT2D eigenvalue weighted by atomic mass is 19.4. The maximum Gasteiger partial charge on any atom is 0.411 e. The van der Waals surface area contributed by atoms with Gasteiger partial charge in [-0.05, 0) is 44.6 Å². The summed E-state index contributed by atoms with van der Waals surface area (Å²) in [4.78, 5) is 16.6. The number of rotatable bonds is 5. The lowest BCUT2D eigenvalue weighted by Crippen LogP contribution is -2.49. The monoisotopic (exact) mass is 380 g/mol. The first-order chi connectivity index (χ1) is 12.8. The molecule has 3 rings (SSSR count). The molecule has 0 fully saturated rings. The fraction of sp³-hybridized carbons (Fsp3) is 0.474. The van der Waals surface area contributed by atoms with E-state index < -0.39 is 24.5 Å². The molecule has 2 heterocycles. The van der Waals surface area contributed by atoms with Gasteiger partial charge in [0.05, 0.1) is 6.42 Å². The van der Waals surface area contributed by atoms with E-state index in [9.17, 15) is 18.0 Å². The molecule has 0 aliphatic carbocycles. The van der Waals surface area contributed by atoms with Crippen LogP contribution in [0.25, 0.3) is 0 Å². The number of fused-ring (bicyclic) bond motifs is 1. The van der Waals surface area contributed by atoms with Crippen molar-refractivity contribution in [1.29, 1.82) is 0 Å². The van der Waals surface area contributed by atoms with E-state index in [1.165, 1.54) is 18.5 Å². The second kappa shape index (κ2) is 7.72. The summed E-state index contributed by atoms with van der Waals surface area (Å²) in [6.07, 6.45) is -1.18. The van der Waals surface area contributed by atoms with Crippen LogP contribution < -0.4 is 4.90 Å². The van der Waals surface area contributed by atoms with Crippen LogP contribution in [0.4, 0.5) is 18.9 Å². The van der Waals surface area contributed by atoms with E-state index in [0.717, 1.165) is 23.1 Å². The fourth-order valence-corrected chi connectivity index (χ4v) is 3.63. The molecule has 146 valence electrons. The topological polar surface area (TPSA) is 41.4 Å². The number of halogens is 3. The minimum Gasteiger partial charge on any atom is -0.308 e. The van der Waals surface area contributed by atoms with Gasteiger partial charge in [-0.25, -0.2) is 0 Å². The maximum absolute atomic E-state index is 13.6. The standard InChI is InChI=1S/C19H23F3N4O/c1-24(2)13-15-9-8-14-6-3-4-7-16(14)26(15)18(27)12-17(19(20,21)22)25-11-5-10-23-25/h3-7,10-11,15,17H,8-9,12-13H2,1-2H3. The van der Waals surface area contributed by atoms with E-state index in [0.29, 0.717) is 12.2 Å². The number of hydrogen-bond donors (Lipinski definition) is 0. The third kappa shape index (κ3) is 4.32. The molecule has 0 saturated heterocycles. The van der Waals surface area contributed by atoms with Gasteiger partial charge in [-0.15, -0.1) is 0 Å². The Morgan fingerprint density at radius 1 is 1.30 bits per heavy atom. The molecule has 2 unspecified atom stereocenters. The van der Waals surface area contributed by atoms with Crippen LogP contribution in [0.2, 0.25) is 0 Å². The van der Waals surface area contributed by atoms with Gasteiger partial charge in [0, 0.05) is 30.7 Å². The summed E-state index contributed by atoms with van der Waals surface area (Å²) in [5, 5.41) is 3.71. The van der Waals surface area contributed by atoms with Gasteiger partial charge in [0.1, 0.15) is 0 Å². The Bertz CT molecular complexity index is 774. The number of alkyl halides is 3. The van der Waals surface area contributed by atoms with Crippen molar-refractivity contribution in [3.63, 3.8) is 0 Å². The minimum atomic E-state index is -4.56. The van der Waals surface area contributed by atoms with E-state index in [2.05, 4.69) is 5.10 Å². The third-order valence-electron chi connectivity index (χ3n) is 4.80. The molecule has 0 bridgehead atoms. The van der Waals surface area contributed by atoms with E-state index >= 15 is 0 Å².